The first kappa shape index (κ1) is 13.4. The predicted octanol–water partition coefficient (Wildman–Crippen LogP) is 3.43. The van der Waals surface area contributed by atoms with Gasteiger partial charge in [0.05, 0.1) is 19.3 Å². The van der Waals surface area contributed by atoms with E-state index >= 15 is 0 Å². The third-order valence-corrected chi connectivity index (χ3v) is 3.36. The Morgan fingerprint density at radius 1 is 1.11 bits per heavy atom. The summed E-state index contributed by atoms with van der Waals surface area (Å²) in [6.45, 7) is 3.50. The van der Waals surface area contributed by atoms with Crippen LogP contribution in [0.2, 0.25) is 0 Å². The Balaban J connectivity index is 1.77. The van der Waals surface area contributed by atoms with E-state index in [0.29, 0.717) is 13.2 Å². The van der Waals surface area contributed by atoms with Crippen molar-refractivity contribution in [2.75, 3.05) is 13.2 Å². The highest BCUT2D eigenvalue weighted by Crippen LogP contribution is 2.25. The van der Waals surface area contributed by atoms with E-state index < -0.39 is 0 Å². The molecule has 1 aromatic carbocycles. The van der Waals surface area contributed by atoms with Gasteiger partial charge < -0.3 is 14.6 Å². The predicted molar refractivity (Wildman–Crippen MR) is 70.7 cm³/mol. The van der Waals surface area contributed by atoms with E-state index in [9.17, 15) is 5.11 Å². The maximum Gasteiger partial charge on any atom is 0.115 e. The van der Waals surface area contributed by atoms with Gasteiger partial charge in [-0.15, -0.1) is 0 Å². The number of phenolic OH excluding ortho intramolecular Hbond substituents is 1. The molecular formula is C15H22O3. The molecule has 1 heterocycles. The zero-order valence-electron chi connectivity index (χ0n) is 11.0. The van der Waals surface area contributed by atoms with E-state index in [0.717, 1.165) is 12.0 Å². The van der Waals surface area contributed by atoms with E-state index in [1.54, 1.807) is 12.1 Å². The highest BCUT2D eigenvalue weighted by Gasteiger charge is 2.22. The minimum Gasteiger partial charge on any atom is -0.508 e. The molecule has 2 rings (SSSR count). The number of rotatable bonds is 5. The zero-order chi connectivity index (χ0) is 12.8. The molecule has 1 aliphatic rings. The molecule has 0 unspecified atom stereocenters. The Bertz CT molecular complexity index is 339. The van der Waals surface area contributed by atoms with Gasteiger partial charge in [0.1, 0.15) is 11.9 Å². The highest BCUT2D eigenvalue weighted by molar-refractivity contribution is 5.27. The summed E-state index contributed by atoms with van der Waals surface area (Å²) in [4.78, 5) is 0. The molecule has 0 aliphatic carbocycles. The van der Waals surface area contributed by atoms with Crippen molar-refractivity contribution in [2.24, 2.45) is 0 Å². The van der Waals surface area contributed by atoms with E-state index in [4.69, 9.17) is 9.47 Å². The van der Waals surface area contributed by atoms with E-state index in [1.807, 2.05) is 12.1 Å². The maximum atomic E-state index is 9.25. The van der Waals surface area contributed by atoms with Crippen molar-refractivity contribution in [3.8, 4) is 5.75 Å². The maximum absolute atomic E-state index is 9.25. The van der Waals surface area contributed by atoms with Crippen LogP contribution in [0.1, 0.15) is 44.3 Å². The van der Waals surface area contributed by atoms with Crippen LogP contribution in [0, 0.1) is 0 Å². The van der Waals surface area contributed by atoms with Gasteiger partial charge in [-0.1, -0.05) is 38.3 Å². The van der Waals surface area contributed by atoms with Gasteiger partial charge in [0.2, 0.25) is 0 Å². The largest absolute Gasteiger partial charge is 0.508 e. The van der Waals surface area contributed by atoms with Crippen molar-refractivity contribution in [3.05, 3.63) is 29.8 Å². The lowest BCUT2D eigenvalue weighted by Crippen LogP contribution is -2.31. The van der Waals surface area contributed by atoms with Crippen LogP contribution in [0.3, 0.4) is 0 Å². The summed E-state index contributed by atoms with van der Waals surface area (Å²) in [5.41, 5.74) is 1.07. The Morgan fingerprint density at radius 3 is 2.50 bits per heavy atom. The Labute approximate surface area is 109 Å². The van der Waals surface area contributed by atoms with Gasteiger partial charge in [-0.25, -0.2) is 0 Å². The average Bonchev–Trinajstić information content (AvgIpc) is 2.41. The Kier molecular flexibility index (Phi) is 5.02. The summed E-state index contributed by atoms with van der Waals surface area (Å²) in [6, 6.07) is 7.15. The quantitative estimate of drug-likeness (QED) is 0.814. The van der Waals surface area contributed by atoms with Gasteiger partial charge in [0.25, 0.3) is 0 Å². The van der Waals surface area contributed by atoms with Crippen molar-refractivity contribution in [2.45, 2.75) is 44.8 Å². The SMILES string of the molecule is CCCCC[C@H]1CO[C@H](c2ccc(O)cc2)CO1. The first-order chi connectivity index (χ1) is 8.79. The molecule has 0 saturated carbocycles. The van der Waals surface area contributed by atoms with Gasteiger partial charge in [-0.3, -0.25) is 0 Å². The molecule has 1 N–H and O–H groups in total. The number of benzene rings is 1. The van der Waals surface area contributed by atoms with Gasteiger partial charge >= 0.3 is 0 Å². The molecule has 3 heteroatoms. The lowest BCUT2D eigenvalue weighted by molar-refractivity contribution is -0.137. The minimum absolute atomic E-state index is 0.00743. The number of hydrogen-bond acceptors (Lipinski definition) is 3. The normalized spacial score (nSPS) is 24.1. The van der Waals surface area contributed by atoms with E-state index in [1.165, 1.54) is 19.3 Å². The number of aromatic hydroxyl groups is 1. The smallest absolute Gasteiger partial charge is 0.115 e. The summed E-state index contributed by atoms with van der Waals surface area (Å²) in [5, 5.41) is 9.25. The summed E-state index contributed by atoms with van der Waals surface area (Å²) in [7, 11) is 0. The van der Waals surface area contributed by atoms with Crippen molar-refractivity contribution >= 4 is 0 Å². The summed E-state index contributed by atoms with van der Waals surface area (Å²) >= 11 is 0. The van der Waals surface area contributed by atoms with E-state index in [2.05, 4.69) is 6.92 Å². The number of hydrogen-bond donors (Lipinski definition) is 1. The monoisotopic (exact) mass is 250 g/mol. The van der Waals surface area contributed by atoms with Crippen LogP contribution in [0.5, 0.6) is 5.75 Å². The molecule has 0 spiro atoms. The van der Waals surface area contributed by atoms with E-state index in [-0.39, 0.29) is 18.0 Å². The topological polar surface area (TPSA) is 38.7 Å². The second-order valence-electron chi connectivity index (χ2n) is 4.86. The lowest BCUT2D eigenvalue weighted by Gasteiger charge is -2.29. The van der Waals surface area contributed by atoms with Crippen LogP contribution in [0.15, 0.2) is 24.3 Å². The minimum atomic E-state index is 0.00743. The van der Waals surface area contributed by atoms with Crippen LogP contribution in [-0.4, -0.2) is 24.4 Å². The van der Waals surface area contributed by atoms with Crippen LogP contribution < -0.4 is 0 Å². The summed E-state index contributed by atoms with van der Waals surface area (Å²) in [6.07, 6.45) is 5.08. The molecule has 1 aliphatic heterocycles. The fraction of sp³-hybridized carbons (Fsp3) is 0.600. The fourth-order valence-electron chi connectivity index (χ4n) is 2.21. The second kappa shape index (κ2) is 6.76. The van der Waals surface area contributed by atoms with Crippen LogP contribution in [0.4, 0.5) is 0 Å². The Hall–Kier alpha value is -1.06. The molecule has 3 nitrogen and oxygen atoms in total. The van der Waals surface area contributed by atoms with Gasteiger partial charge in [0, 0.05) is 0 Å². The first-order valence-electron chi connectivity index (χ1n) is 6.81. The Morgan fingerprint density at radius 2 is 1.89 bits per heavy atom. The molecule has 1 fully saturated rings. The van der Waals surface area contributed by atoms with Crippen LogP contribution >= 0.6 is 0 Å². The highest BCUT2D eigenvalue weighted by atomic mass is 16.6. The van der Waals surface area contributed by atoms with Gasteiger partial charge in [0.15, 0.2) is 0 Å². The third-order valence-electron chi connectivity index (χ3n) is 3.36. The van der Waals surface area contributed by atoms with Crippen molar-refractivity contribution in [3.63, 3.8) is 0 Å². The first-order valence-corrected chi connectivity index (χ1v) is 6.81. The number of unbranched alkanes of at least 4 members (excludes halogenated alkanes) is 2. The molecule has 2 atom stereocenters. The van der Waals surface area contributed by atoms with Crippen molar-refractivity contribution < 1.29 is 14.6 Å². The average molecular weight is 250 g/mol. The van der Waals surface area contributed by atoms with Crippen molar-refractivity contribution in [1.82, 2.24) is 0 Å². The van der Waals surface area contributed by atoms with Gasteiger partial charge in [-0.05, 0) is 24.1 Å². The second-order valence-corrected chi connectivity index (χ2v) is 4.86. The molecule has 1 aromatic rings. The van der Waals surface area contributed by atoms with Gasteiger partial charge in [-0.2, -0.15) is 0 Å². The summed E-state index contributed by atoms with van der Waals surface area (Å²) in [5.74, 6) is 0.285. The molecule has 0 radical (unpaired) electrons. The lowest BCUT2D eigenvalue weighted by atomic mass is 10.1. The molecule has 0 amide bonds. The zero-order valence-corrected chi connectivity index (χ0v) is 11.0. The molecule has 100 valence electrons. The number of ether oxygens (including phenoxy) is 2. The molecule has 0 bridgehead atoms. The van der Waals surface area contributed by atoms with Crippen LogP contribution in [0.25, 0.3) is 0 Å². The molecule has 18 heavy (non-hydrogen) atoms. The third kappa shape index (κ3) is 3.72. The molecular weight excluding hydrogens is 228 g/mol. The molecule has 0 aromatic heterocycles. The summed E-state index contributed by atoms with van der Waals surface area (Å²) < 4.78 is 11.7. The standard InChI is InChI=1S/C15H22O3/c1-2-3-4-5-14-10-18-15(11-17-14)12-6-8-13(16)9-7-12/h6-9,14-16H,2-5,10-11H2,1H3/t14-,15-/m0/s1. The molecule has 1 saturated heterocycles. The van der Waals surface area contributed by atoms with Crippen LogP contribution in [-0.2, 0) is 9.47 Å². The number of phenols is 1. The fourth-order valence-corrected chi connectivity index (χ4v) is 2.21. The van der Waals surface area contributed by atoms with Crippen molar-refractivity contribution in [1.29, 1.82) is 0 Å².